The Morgan fingerprint density at radius 3 is 1.25 bits per heavy atom. The van der Waals surface area contributed by atoms with Crippen LogP contribution in [-0.4, -0.2) is 9.97 Å². The SMILES string of the molecule is C.CC.CC.CC[CH-]I.Nc1ccccn1.Nc1ccccn1.[V]. The summed E-state index contributed by atoms with van der Waals surface area (Å²) < 4.78 is 2.09. The Morgan fingerprint density at radius 2 is 1.17 bits per heavy atom. The summed E-state index contributed by atoms with van der Waals surface area (Å²) in [5, 5.41) is 0. The molecule has 0 aliphatic heterocycles. The molecule has 2 aromatic rings. The Bertz CT molecular complexity index is 349. The molecule has 4 N–H and O–H groups in total. The molecule has 0 unspecified atom stereocenters. The molecular weight excluding hydrogens is 450 g/mol. The zero-order valence-electron chi connectivity index (χ0n) is 14.8. The third-order valence-corrected chi connectivity index (χ3v) is 2.41. The molecule has 2 rings (SSSR count). The van der Waals surface area contributed by atoms with Crippen LogP contribution < -0.4 is 11.5 Å². The van der Waals surface area contributed by atoms with Gasteiger partial charge in [-0.1, -0.05) is 54.2 Å². The molecule has 6 heteroatoms. The van der Waals surface area contributed by atoms with Gasteiger partial charge in [-0.15, -0.1) is 0 Å². The van der Waals surface area contributed by atoms with E-state index >= 15 is 0 Å². The molecule has 0 spiro atoms. The molecule has 24 heavy (non-hydrogen) atoms. The van der Waals surface area contributed by atoms with E-state index in [0.717, 1.165) is 0 Å². The number of nitrogens with two attached hydrogens (primary N) is 2. The summed E-state index contributed by atoms with van der Waals surface area (Å²) >= 11 is 2.23. The van der Waals surface area contributed by atoms with E-state index in [0.29, 0.717) is 11.6 Å². The quantitative estimate of drug-likeness (QED) is 0.384. The number of rotatable bonds is 1. The monoisotopic (exact) mass is 484 g/mol. The minimum absolute atomic E-state index is 0. The zero-order valence-corrected chi connectivity index (χ0v) is 18.3. The van der Waals surface area contributed by atoms with Gasteiger partial charge in [-0.2, -0.15) is 6.42 Å². The van der Waals surface area contributed by atoms with Crippen LogP contribution in [0.15, 0.2) is 48.8 Å². The van der Waals surface area contributed by atoms with Crippen molar-refractivity contribution in [3.05, 3.63) is 53.2 Å². The molecule has 139 valence electrons. The predicted molar refractivity (Wildman–Crippen MR) is 115 cm³/mol. The second kappa shape index (κ2) is 33.7. The largest absolute Gasteiger partial charge is 0.384 e. The molecule has 1 radical (unpaired) electrons. The van der Waals surface area contributed by atoms with E-state index in [1.165, 1.54) is 6.42 Å². The molecule has 0 fully saturated rings. The van der Waals surface area contributed by atoms with E-state index in [1.54, 1.807) is 24.5 Å². The molecule has 0 saturated heterocycles. The van der Waals surface area contributed by atoms with Gasteiger partial charge in [0.1, 0.15) is 11.6 Å². The molecule has 0 aliphatic rings. The number of nitrogen functional groups attached to an aromatic ring is 2. The molecular formula is C18H34IN4V-. The van der Waals surface area contributed by atoms with Crippen molar-refractivity contribution in [3.63, 3.8) is 0 Å². The third-order valence-electron chi connectivity index (χ3n) is 1.53. The van der Waals surface area contributed by atoms with Crippen LogP contribution in [0.5, 0.6) is 0 Å². The van der Waals surface area contributed by atoms with Crippen LogP contribution in [0.25, 0.3) is 0 Å². The first-order valence-corrected chi connectivity index (χ1v) is 8.70. The van der Waals surface area contributed by atoms with E-state index < -0.39 is 0 Å². The van der Waals surface area contributed by atoms with E-state index in [1.807, 2.05) is 52.0 Å². The van der Waals surface area contributed by atoms with Gasteiger partial charge in [-0.3, -0.25) is 4.43 Å². The van der Waals surface area contributed by atoms with Crippen LogP contribution in [-0.2, 0) is 18.6 Å². The predicted octanol–water partition coefficient (Wildman–Crippen LogP) is 6.01. The van der Waals surface area contributed by atoms with Gasteiger partial charge in [0.2, 0.25) is 0 Å². The van der Waals surface area contributed by atoms with Crippen LogP contribution in [0, 0.1) is 4.43 Å². The van der Waals surface area contributed by atoms with Gasteiger partial charge in [0.25, 0.3) is 0 Å². The Labute approximate surface area is 175 Å². The van der Waals surface area contributed by atoms with Gasteiger partial charge in [-0.25, -0.2) is 9.97 Å². The second-order valence-electron chi connectivity index (χ2n) is 3.07. The van der Waals surface area contributed by atoms with E-state index in [-0.39, 0.29) is 26.0 Å². The van der Waals surface area contributed by atoms with Crippen molar-refractivity contribution in [2.75, 3.05) is 11.5 Å². The minimum atomic E-state index is 0. The topological polar surface area (TPSA) is 77.8 Å². The van der Waals surface area contributed by atoms with Crippen LogP contribution in [0.3, 0.4) is 0 Å². The number of anilines is 2. The summed E-state index contributed by atoms with van der Waals surface area (Å²) in [6.45, 7) is 10.1. The molecule has 0 aliphatic carbocycles. The van der Waals surface area contributed by atoms with Crippen LogP contribution in [0.2, 0.25) is 0 Å². The fourth-order valence-corrected chi connectivity index (χ4v) is 0.752. The smallest absolute Gasteiger partial charge is 0.123 e. The van der Waals surface area contributed by atoms with Gasteiger partial charge in [0.05, 0.1) is 0 Å². The molecule has 0 bridgehead atoms. The molecule has 0 atom stereocenters. The van der Waals surface area contributed by atoms with Gasteiger partial charge in [-0.05, 0) is 24.3 Å². The third kappa shape index (κ3) is 33.0. The number of halogens is 1. The Balaban J connectivity index is -0.0000000674. The normalized spacial score (nSPS) is 6.75. The van der Waals surface area contributed by atoms with E-state index in [2.05, 4.69) is 43.9 Å². The minimum Gasteiger partial charge on any atom is -0.384 e. The average molecular weight is 484 g/mol. The molecule has 0 saturated carbocycles. The molecule has 0 amide bonds. The van der Waals surface area contributed by atoms with Crippen molar-refractivity contribution in [1.29, 1.82) is 0 Å². The van der Waals surface area contributed by atoms with Crippen molar-refractivity contribution < 1.29 is 18.6 Å². The Hall–Kier alpha value is -0.786. The number of hydrogen-bond donors (Lipinski definition) is 2. The zero-order chi connectivity index (χ0) is 17.6. The number of hydrogen-bond acceptors (Lipinski definition) is 4. The Kier molecular flexibility index (Phi) is 48.5. The first kappa shape index (κ1) is 34.5. The Morgan fingerprint density at radius 1 is 0.875 bits per heavy atom. The van der Waals surface area contributed by atoms with E-state index in [4.69, 9.17) is 11.5 Å². The van der Waals surface area contributed by atoms with Crippen LogP contribution in [0.4, 0.5) is 11.6 Å². The second-order valence-corrected chi connectivity index (χ2v) is 3.95. The number of aromatic nitrogens is 2. The summed E-state index contributed by atoms with van der Waals surface area (Å²) in [4.78, 5) is 7.51. The molecule has 2 aromatic heterocycles. The molecule has 2 heterocycles. The summed E-state index contributed by atoms with van der Waals surface area (Å²) in [5.41, 5.74) is 10.5. The van der Waals surface area contributed by atoms with Gasteiger partial charge >= 0.3 is 0 Å². The van der Waals surface area contributed by atoms with Crippen molar-refractivity contribution in [2.45, 2.75) is 48.5 Å². The summed E-state index contributed by atoms with van der Waals surface area (Å²) in [7, 11) is 0. The van der Waals surface area contributed by atoms with Crippen molar-refractivity contribution in [2.24, 2.45) is 0 Å². The number of nitrogens with zero attached hydrogens (tertiary/aromatic N) is 2. The van der Waals surface area contributed by atoms with Crippen LogP contribution in [0.1, 0.15) is 48.5 Å². The summed E-state index contributed by atoms with van der Waals surface area (Å²) in [5.74, 6) is 1.14. The van der Waals surface area contributed by atoms with Gasteiger partial charge in [0.15, 0.2) is 0 Å². The molecule has 0 aromatic carbocycles. The summed E-state index contributed by atoms with van der Waals surface area (Å²) in [6.07, 6.45) is 4.51. The fourth-order valence-electron chi connectivity index (χ4n) is 0.752. The molecule has 4 nitrogen and oxygen atoms in total. The fraction of sp³-hybridized carbons (Fsp3) is 0.389. The van der Waals surface area contributed by atoms with Gasteiger partial charge < -0.3 is 34.1 Å². The van der Waals surface area contributed by atoms with Crippen LogP contribution >= 0.6 is 22.6 Å². The van der Waals surface area contributed by atoms with E-state index in [9.17, 15) is 0 Å². The maximum absolute atomic E-state index is 5.25. The number of pyridine rings is 2. The summed E-state index contributed by atoms with van der Waals surface area (Å²) in [6, 6.07) is 10.9. The first-order chi connectivity index (χ1) is 10.7. The maximum atomic E-state index is 5.25. The standard InChI is InChI=1S/2C5H6N2.C3H6I.2C2H6.CH4.V/c2*6-5-3-1-2-4-7-5;1-2-3-4;2*1-2;;/h2*1-4H,(H2,6,7);3H,2H2,1H3;2*1-2H3;1H4;/q;;-1;;;;. The maximum Gasteiger partial charge on any atom is 0.123 e. The van der Waals surface area contributed by atoms with Gasteiger partial charge in [0, 0.05) is 30.9 Å². The van der Waals surface area contributed by atoms with Crippen molar-refractivity contribution in [3.8, 4) is 0 Å². The average Bonchev–Trinajstić information content (AvgIpc) is 2.61. The van der Waals surface area contributed by atoms with Crippen molar-refractivity contribution in [1.82, 2.24) is 9.97 Å². The first-order valence-electron chi connectivity index (χ1n) is 7.45. The van der Waals surface area contributed by atoms with Crippen molar-refractivity contribution >= 4 is 34.2 Å².